The Labute approximate surface area is 83.1 Å². The lowest BCUT2D eigenvalue weighted by Crippen LogP contribution is -2.56. The predicted octanol–water partition coefficient (Wildman–Crippen LogP) is -1.78. The van der Waals surface area contributed by atoms with Crippen LogP contribution in [-0.4, -0.2) is 55.6 Å². The largest absolute Gasteiger partial charge is 0.394 e. The number of hydrogen-bond acceptors (Lipinski definition) is 5. The molecule has 1 rings (SSSR count). The van der Waals surface area contributed by atoms with Gasteiger partial charge in [-0.1, -0.05) is 0 Å². The highest BCUT2D eigenvalue weighted by atomic mass is 127. The molecule has 1 heterocycles. The van der Waals surface area contributed by atoms with E-state index in [1.165, 1.54) is 0 Å². The number of aliphatic hydroxyl groups excluding tert-OH is 4. The zero-order valence-electron chi connectivity index (χ0n) is 6.17. The molecule has 1 saturated heterocycles. The summed E-state index contributed by atoms with van der Waals surface area (Å²) in [5.74, 6) is 0. The Kier molecular flexibility index (Phi) is 3.68. The van der Waals surface area contributed by atoms with E-state index in [1.54, 1.807) is 22.6 Å². The van der Waals surface area contributed by atoms with E-state index in [4.69, 9.17) is 9.84 Å². The lowest BCUT2D eigenvalue weighted by molar-refractivity contribution is -0.201. The first kappa shape index (κ1) is 10.6. The summed E-state index contributed by atoms with van der Waals surface area (Å²) in [6.45, 7) is -0.371. The maximum Gasteiger partial charge on any atom is 0.137 e. The van der Waals surface area contributed by atoms with Crippen molar-refractivity contribution in [1.29, 1.82) is 0 Å². The Bertz CT molecular complexity index is 150. The molecule has 0 spiro atoms. The van der Waals surface area contributed by atoms with E-state index in [9.17, 15) is 15.3 Å². The van der Waals surface area contributed by atoms with Gasteiger partial charge in [-0.2, -0.15) is 0 Å². The summed E-state index contributed by atoms with van der Waals surface area (Å²) < 4.78 is 4.41. The van der Waals surface area contributed by atoms with Crippen LogP contribution in [0.4, 0.5) is 0 Å². The number of hydrogen-bond donors (Lipinski definition) is 4. The van der Waals surface area contributed by atoms with Crippen LogP contribution in [-0.2, 0) is 4.74 Å². The third-order valence-corrected chi connectivity index (χ3v) is 2.86. The smallest absolute Gasteiger partial charge is 0.137 e. The van der Waals surface area contributed by atoms with Crippen molar-refractivity contribution in [3.8, 4) is 0 Å². The lowest BCUT2D eigenvalue weighted by atomic mass is 10.0. The number of rotatable bonds is 1. The molecule has 0 aromatic rings. The summed E-state index contributed by atoms with van der Waals surface area (Å²) in [5, 5.41) is 36.4. The van der Waals surface area contributed by atoms with Crippen LogP contribution in [0.2, 0.25) is 0 Å². The highest BCUT2D eigenvalue weighted by molar-refractivity contribution is 14.1. The normalized spacial score (nSPS) is 49.2. The van der Waals surface area contributed by atoms with Crippen LogP contribution in [0.15, 0.2) is 0 Å². The van der Waals surface area contributed by atoms with Crippen LogP contribution in [0.25, 0.3) is 0 Å². The molecule has 0 aromatic carbocycles. The highest BCUT2D eigenvalue weighted by Crippen LogP contribution is 2.24. The Morgan fingerprint density at radius 1 is 1.08 bits per heavy atom. The van der Waals surface area contributed by atoms with Gasteiger partial charge in [0.15, 0.2) is 0 Å². The molecule has 0 radical (unpaired) electrons. The Hall–Kier alpha value is 0.530. The quantitative estimate of drug-likeness (QED) is 0.339. The SMILES string of the molecule is OCC1OC(I)C(O)C(O)C1O. The molecule has 12 heavy (non-hydrogen) atoms. The van der Waals surface area contributed by atoms with Gasteiger partial charge in [0.25, 0.3) is 0 Å². The van der Waals surface area contributed by atoms with Crippen LogP contribution < -0.4 is 0 Å². The minimum Gasteiger partial charge on any atom is -0.394 e. The van der Waals surface area contributed by atoms with Crippen molar-refractivity contribution in [1.82, 2.24) is 0 Å². The van der Waals surface area contributed by atoms with Gasteiger partial charge in [-0.3, -0.25) is 0 Å². The average Bonchev–Trinajstić information content (AvgIpc) is 2.08. The molecule has 5 nitrogen and oxygen atoms in total. The van der Waals surface area contributed by atoms with Gasteiger partial charge in [0.1, 0.15) is 28.5 Å². The van der Waals surface area contributed by atoms with E-state index in [-0.39, 0.29) is 6.61 Å². The maximum absolute atomic E-state index is 9.23. The second-order valence-electron chi connectivity index (χ2n) is 2.68. The van der Waals surface area contributed by atoms with Crippen molar-refractivity contribution in [2.75, 3.05) is 6.61 Å². The molecule has 0 saturated carbocycles. The molecule has 0 aliphatic carbocycles. The number of halogens is 1. The van der Waals surface area contributed by atoms with E-state index in [0.29, 0.717) is 0 Å². The first-order valence-corrected chi connectivity index (χ1v) is 4.77. The summed E-state index contributed by atoms with van der Waals surface area (Å²) in [7, 11) is 0. The molecule has 1 aliphatic rings. The Morgan fingerprint density at radius 2 is 1.67 bits per heavy atom. The molecular weight excluding hydrogens is 279 g/mol. The van der Waals surface area contributed by atoms with Crippen molar-refractivity contribution in [2.45, 2.75) is 28.5 Å². The average molecular weight is 290 g/mol. The fourth-order valence-corrected chi connectivity index (χ4v) is 1.86. The summed E-state index contributed by atoms with van der Waals surface area (Å²) >= 11 is 1.79. The van der Waals surface area contributed by atoms with Gasteiger partial charge < -0.3 is 25.2 Å². The minimum atomic E-state index is -1.25. The zero-order chi connectivity index (χ0) is 9.30. The van der Waals surface area contributed by atoms with Crippen molar-refractivity contribution in [2.24, 2.45) is 0 Å². The van der Waals surface area contributed by atoms with Crippen LogP contribution >= 0.6 is 22.6 Å². The van der Waals surface area contributed by atoms with Crippen LogP contribution in [0.3, 0.4) is 0 Å². The van der Waals surface area contributed by atoms with Gasteiger partial charge in [0, 0.05) is 0 Å². The van der Waals surface area contributed by atoms with Crippen molar-refractivity contribution in [3.63, 3.8) is 0 Å². The lowest BCUT2D eigenvalue weighted by Gasteiger charge is -2.37. The van der Waals surface area contributed by atoms with E-state index in [2.05, 4.69) is 0 Å². The van der Waals surface area contributed by atoms with Crippen molar-refractivity contribution in [3.05, 3.63) is 0 Å². The van der Waals surface area contributed by atoms with E-state index in [1.807, 2.05) is 0 Å². The number of ether oxygens (including phenoxy) is 1. The fourth-order valence-electron chi connectivity index (χ4n) is 1.06. The second kappa shape index (κ2) is 4.16. The predicted molar refractivity (Wildman–Crippen MR) is 47.8 cm³/mol. The summed E-state index contributed by atoms with van der Waals surface area (Å²) in [4.78, 5) is 0. The maximum atomic E-state index is 9.23. The van der Waals surface area contributed by atoms with E-state index in [0.717, 1.165) is 0 Å². The topological polar surface area (TPSA) is 90.2 Å². The highest BCUT2D eigenvalue weighted by Gasteiger charge is 2.42. The molecule has 6 heteroatoms. The van der Waals surface area contributed by atoms with Crippen molar-refractivity contribution >= 4 is 22.6 Å². The molecule has 5 unspecified atom stereocenters. The molecule has 1 fully saturated rings. The fraction of sp³-hybridized carbons (Fsp3) is 1.00. The van der Waals surface area contributed by atoms with Gasteiger partial charge in [0.2, 0.25) is 0 Å². The standard InChI is InChI=1S/C6H11IO5/c7-6-5(11)4(10)3(9)2(1-8)12-6/h2-6,8-11H,1H2. The van der Waals surface area contributed by atoms with Crippen molar-refractivity contribution < 1.29 is 25.2 Å². The molecule has 5 atom stereocenters. The van der Waals surface area contributed by atoms with E-state index < -0.39 is 28.5 Å². The monoisotopic (exact) mass is 290 g/mol. The third kappa shape index (κ3) is 1.88. The molecule has 4 N–H and O–H groups in total. The molecule has 0 bridgehead atoms. The number of aliphatic hydroxyl groups is 4. The summed E-state index contributed by atoms with van der Waals surface area (Å²) in [6, 6.07) is 0. The second-order valence-corrected chi connectivity index (χ2v) is 3.91. The Balaban J connectivity index is 2.63. The van der Waals surface area contributed by atoms with Gasteiger partial charge >= 0.3 is 0 Å². The first-order valence-electron chi connectivity index (χ1n) is 3.52. The first-order chi connectivity index (χ1) is 5.57. The minimum absolute atomic E-state index is 0.371. The zero-order valence-corrected chi connectivity index (χ0v) is 8.33. The molecule has 0 amide bonds. The molecule has 72 valence electrons. The number of alkyl halides is 1. The summed E-state index contributed by atoms with van der Waals surface area (Å²) in [5.41, 5.74) is 0. The van der Waals surface area contributed by atoms with Crippen LogP contribution in [0.1, 0.15) is 0 Å². The van der Waals surface area contributed by atoms with Gasteiger partial charge in [-0.05, 0) is 22.6 Å². The van der Waals surface area contributed by atoms with Gasteiger partial charge in [-0.25, -0.2) is 0 Å². The van der Waals surface area contributed by atoms with Gasteiger partial charge in [0.05, 0.1) is 6.61 Å². The Morgan fingerprint density at radius 3 is 2.17 bits per heavy atom. The van der Waals surface area contributed by atoms with Crippen LogP contribution in [0.5, 0.6) is 0 Å². The summed E-state index contributed by atoms with van der Waals surface area (Å²) in [6.07, 6.45) is -4.40. The third-order valence-electron chi connectivity index (χ3n) is 1.83. The molecular formula is C6H11IO5. The van der Waals surface area contributed by atoms with Gasteiger partial charge in [-0.15, -0.1) is 0 Å². The molecule has 1 aliphatic heterocycles. The van der Waals surface area contributed by atoms with E-state index >= 15 is 0 Å². The molecule has 0 aromatic heterocycles. The van der Waals surface area contributed by atoms with Crippen LogP contribution in [0, 0.1) is 0 Å².